The SMILES string of the molecule is N#Cc1ncn(Cc2ccc3ncccc3c2)n1. The maximum atomic E-state index is 8.66. The Bertz CT molecular complexity index is 738. The van der Waals surface area contributed by atoms with Gasteiger partial charge in [-0.2, -0.15) is 5.26 Å². The van der Waals surface area contributed by atoms with Crippen molar-refractivity contribution in [1.29, 1.82) is 5.26 Å². The highest BCUT2D eigenvalue weighted by Crippen LogP contribution is 2.13. The first kappa shape index (κ1) is 10.4. The van der Waals surface area contributed by atoms with E-state index in [4.69, 9.17) is 5.26 Å². The molecule has 2 aromatic heterocycles. The van der Waals surface area contributed by atoms with Gasteiger partial charge >= 0.3 is 0 Å². The molecule has 0 aliphatic carbocycles. The molecule has 0 fully saturated rings. The van der Waals surface area contributed by atoms with Crippen molar-refractivity contribution in [3.63, 3.8) is 0 Å². The van der Waals surface area contributed by atoms with E-state index >= 15 is 0 Å². The first-order valence-electron chi connectivity index (χ1n) is 5.48. The molecule has 0 bridgehead atoms. The van der Waals surface area contributed by atoms with Crippen LogP contribution in [0.2, 0.25) is 0 Å². The standard InChI is InChI=1S/C13H9N5/c14-7-13-16-9-18(17-13)8-10-3-4-12-11(6-10)2-1-5-15-12/h1-6,9H,8H2. The lowest BCUT2D eigenvalue weighted by atomic mass is 10.1. The van der Waals surface area contributed by atoms with Crippen LogP contribution >= 0.6 is 0 Å². The molecule has 0 aliphatic heterocycles. The monoisotopic (exact) mass is 235 g/mol. The van der Waals surface area contributed by atoms with E-state index < -0.39 is 0 Å². The lowest BCUT2D eigenvalue weighted by Crippen LogP contribution is -2.00. The number of hydrogen-bond acceptors (Lipinski definition) is 4. The second kappa shape index (κ2) is 4.26. The summed E-state index contributed by atoms with van der Waals surface area (Å²) in [7, 11) is 0. The Labute approximate surface area is 103 Å². The minimum Gasteiger partial charge on any atom is -0.256 e. The number of fused-ring (bicyclic) bond motifs is 1. The van der Waals surface area contributed by atoms with Crippen molar-refractivity contribution in [3.8, 4) is 6.07 Å². The van der Waals surface area contributed by atoms with Gasteiger partial charge in [0.15, 0.2) is 0 Å². The second-order valence-electron chi connectivity index (χ2n) is 3.91. The average molecular weight is 235 g/mol. The molecule has 0 amide bonds. The zero-order valence-corrected chi connectivity index (χ0v) is 9.48. The summed E-state index contributed by atoms with van der Waals surface area (Å²) in [6.07, 6.45) is 3.34. The maximum absolute atomic E-state index is 8.66. The van der Waals surface area contributed by atoms with Crippen molar-refractivity contribution in [1.82, 2.24) is 19.7 Å². The van der Waals surface area contributed by atoms with Gasteiger partial charge in [0.1, 0.15) is 12.4 Å². The molecule has 0 unspecified atom stereocenters. The van der Waals surface area contributed by atoms with Gasteiger partial charge in [-0.1, -0.05) is 12.1 Å². The number of nitrogens with zero attached hydrogens (tertiary/aromatic N) is 5. The van der Waals surface area contributed by atoms with Gasteiger partial charge in [-0.15, -0.1) is 5.10 Å². The van der Waals surface area contributed by atoms with Crippen molar-refractivity contribution in [3.05, 3.63) is 54.2 Å². The lowest BCUT2D eigenvalue weighted by Gasteiger charge is -2.02. The van der Waals surface area contributed by atoms with Crippen molar-refractivity contribution in [2.45, 2.75) is 6.54 Å². The molecule has 0 spiro atoms. The molecule has 0 saturated heterocycles. The first-order valence-corrected chi connectivity index (χ1v) is 5.48. The van der Waals surface area contributed by atoms with Crippen LogP contribution in [0.25, 0.3) is 10.9 Å². The summed E-state index contributed by atoms with van der Waals surface area (Å²) in [5, 5.41) is 13.8. The number of aromatic nitrogens is 4. The third kappa shape index (κ3) is 1.92. The topological polar surface area (TPSA) is 67.4 Å². The number of rotatable bonds is 2. The van der Waals surface area contributed by atoms with E-state index in [0.29, 0.717) is 6.54 Å². The summed E-state index contributed by atoms with van der Waals surface area (Å²) in [5.74, 6) is 0.192. The summed E-state index contributed by atoms with van der Waals surface area (Å²) < 4.78 is 1.65. The third-order valence-electron chi connectivity index (χ3n) is 2.65. The summed E-state index contributed by atoms with van der Waals surface area (Å²) in [6, 6.07) is 11.9. The molecule has 0 radical (unpaired) electrons. The Kier molecular flexibility index (Phi) is 2.47. The summed E-state index contributed by atoms with van der Waals surface area (Å²) in [5.41, 5.74) is 2.07. The summed E-state index contributed by atoms with van der Waals surface area (Å²) in [4.78, 5) is 8.14. The molecular formula is C13H9N5. The van der Waals surface area contributed by atoms with E-state index in [2.05, 4.69) is 21.1 Å². The number of benzene rings is 1. The van der Waals surface area contributed by atoms with Gasteiger partial charge in [0.05, 0.1) is 12.1 Å². The van der Waals surface area contributed by atoms with E-state index in [-0.39, 0.29) is 5.82 Å². The zero-order chi connectivity index (χ0) is 12.4. The summed E-state index contributed by atoms with van der Waals surface area (Å²) >= 11 is 0. The number of hydrogen-bond donors (Lipinski definition) is 0. The Balaban J connectivity index is 1.93. The predicted molar refractivity (Wildman–Crippen MR) is 65.6 cm³/mol. The normalized spacial score (nSPS) is 10.4. The number of pyridine rings is 1. The fourth-order valence-corrected chi connectivity index (χ4v) is 1.83. The van der Waals surface area contributed by atoms with Crippen LogP contribution in [0.1, 0.15) is 11.4 Å². The van der Waals surface area contributed by atoms with E-state index in [1.807, 2.05) is 30.3 Å². The van der Waals surface area contributed by atoms with Gasteiger partial charge in [-0.05, 0) is 23.8 Å². The molecule has 0 saturated carbocycles. The highest BCUT2D eigenvalue weighted by atomic mass is 15.3. The summed E-state index contributed by atoms with van der Waals surface area (Å²) in [6.45, 7) is 0.597. The zero-order valence-electron chi connectivity index (χ0n) is 9.48. The van der Waals surface area contributed by atoms with Crippen molar-refractivity contribution >= 4 is 10.9 Å². The van der Waals surface area contributed by atoms with Crippen LogP contribution in [-0.2, 0) is 6.54 Å². The smallest absolute Gasteiger partial charge is 0.252 e. The molecule has 2 heterocycles. The Morgan fingerprint density at radius 1 is 1.22 bits per heavy atom. The molecular weight excluding hydrogens is 226 g/mol. The largest absolute Gasteiger partial charge is 0.256 e. The highest BCUT2D eigenvalue weighted by Gasteiger charge is 2.01. The van der Waals surface area contributed by atoms with E-state index in [9.17, 15) is 0 Å². The molecule has 3 aromatic rings. The molecule has 0 atom stereocenters. The van der Waals surface area contributed by atoms with Crippen molar-refractivity contribution in [2.75, 3.05) is 0 Å². The molecule has 18 heavy (non-hydrogen) atoms. The van der Waals surface area contributed by atoms with Crippen LogP contribution in [0.5, 0.6) is 0 Å². The van der Waals surface area contributed by atoms with Gasteiger partial charge in [0.2, 0.25) is 0 Å². The molecule has 86 valence electrons. The molecule has 5 nitrogen and oxygen atoms in total. The number of nitriles is 1. The van der Waals surface area contributed by atoms with Crippen molar-refractivity contribution < 1.29 is 0 Å². The van der Waals surface area contributed by atoms with Gasteiger partial charge in [0.25, 0.3) is 5.82 Å². The molecule has 3 rings (SSSR count). The predicted octanol–water partition coefficient (Wildman–Crippen LogP) is 1.75. The van der Waals surface area contributed by atoms with Crippen molar-refractivity contribution in [2.24, 2.45) is 0 Å². The minimum absolute atomic E-state index is 0.192. The Morgan fingerprint density at radius 2 is 2.17 bits per heavy atom. The Morgan fingerprint density at radius 3 is 3.00 bits per heavy atom. The molecule has 1 aromatic carbocycles. The first-order chi connectivity index (χ1) is 8.85. The van der Waals surface area contributed by atoms with Gasteiger partial charge < -0.3 is 0 Å². The quantitative estimate of drug-likeness (QED) is 0.678. The van der Waals surface area contributed by atoms with E-state index in [1.54, 1.807) is 17.2 Å². The Hall–Kier alpha value is -2.74. The van der Waals surface area contributed by atoms with Crippen LogP contribution < -0.4 is 0 Å². The molecule has 5 heteroatoms. The fraction of sp³-hybridized carbons (Fsp3) is 0.0769. The van der Waals surface area contributed by atoms with Gasteiger partial charge in [-0.25, -0.2) is 9.67 Å². The average Bonchev–Trinajstić information content (AvgIpc) is 2.86. The van der Waals surface area contributed by atoms with E-state index in [1.165, 1.54) is 0 Å². The van der Waals surface area contributed by atoms with Crippen LogP contribution in [0.3, 0.4) is 0 Å². The third-order valence-corrected chi connectivity index (χ3v) is 2.65. The molecule has 0 N–H and O–H groups in total. The van der Waals surface area contributed by atoms with Gasteiger partial charge in [-0.3, -0.25) is 4.98 Å². The lowest BCUT2D eigenvalue weighted by molar-refractivity contribution is 0.683. The minimum atomic E-state index is 0.192. The molecule has 0 aliphatic rings. The van der Waals surface area contributed by atoms with E-state index in [0.717, 1.165) is 16.5 Å². The van der Waals surface area contributed by atoms with Crippen LogP contribution in [-0.4, -0.2) is 19.7 Å². The van der Waals surface area contributed by atoms with Crippen LogP contribution in [0.4, 0.5) is 0 Å². The second-order valence-corrected chi connectivity index (χ2v) is 3.91. The van der Waals surface area contributed by atoms with Crippen LogP contribution in [0, 0.1) is 11.3 Å². The highest BCUT2D eigenvalue weighted by molar-refractivity contribution is 5.78. The maximum Gasteiger partial charge on any atom is 0.252 e. The van der Waals surface area contributed by atoms with Gasteiger partial charge in [0, 0.05) is 11.6 Å². The van der Waals surface area contributed by atoms with Crippen LogP contribution in [0.15, 0.2) is 42.9 Å². The fourth-order valence-electron chi connectivity index (χ4n) is 1.83.